The van der Waals surface area contributed by atoms with Crippen LogP contribution in [0.15, 0.2) is 54.6 Å². The van der Waals surface area contributed by atoms with Gasteiger partial charge < -0.3 is 5.11 Å². The standard InChI is InChI=1S/C17H16N2O3/c18-11-13-6-8-15(9-7-13)16(20)10-17(21)19-22-12-14-4-2-1-3-5-14/h1-9,16,20H,10,12H2,(H,19,21)/t16-/m0/s1. The van der Waals surface area contributed by atoms with Crippen molar-refractivity contribution in [1.29, 1.82) is 5.26 Å². The lowest BCUT2D eigenvalue weighted by Crippen LogP contribution is -2.25. The van der Waals surface area contributed by atoms with E-state index >= 15 is 0 Å². The molecule has 2 rings (SSSR count). The van der Waals surface area contributed by atoms with Gasteiger partial charge in [-0.25, -0.2) is 5.48 Å². The van der Waals surface area contributed by atoms with Gasteiger partial charge in [0.05, 0.1) is 30.8 Å². The summed E-state index contributed by atoms with van der Waals surface area (Å²) in [4.78, 5) is 16.8. The number of nitriles is 1. The Bertz CT molecular complexity index is 648. The van der Waals surface area contributed by atoms with Crippen LogP contribution in [0.3, 0.4) is 0 Å². The van der Waals surface area contributed by atoms with Crippen LogP contribution in [0.5, 0.6) is 0 Å². The van der Waals surface area contributed by atoms with Crippen molar-refractivity contribution in [3.8, 4) is 6.07 Å². The molecule has 0 bridgehead atoms. The predicted octanol–water partition coefficient (Wildman–Crippen LogP) is 2.23. The molecule has 2 aromatic rings. The van der Waals surface area contributed by atoms with Gasteiger partial charge in [0, 0.05) is 0 Å². The number of aliphatic hydroxyl groups is 1. The summed E-state index contributed by atoms with van der Waals surface area (Å²) in [6, 6.07) is 17.9. The van der Waals surface area contributed by atoms with Crippen molar-refractivity contribution < 1.29 is 14.7 Å². The molecule has 0 heterocycles. The molecule has 1 atom stereocenters. The molecule has 0 unspecified atom stereocenters. The van der Waals surface area contributed by atoms with Gasteiger partial charge in [0.2, 0.25) is 5.91 Å². The van der Waals surface area contributed by atoms with Crippen molar-refractivity contribution in [2.45, 2.75) is 19.1 Å². The molecule has 1 amide bonds. The van der Waals surface area contributed by atoms with Crippen molar-refractivity contribution in [2.24, 2.45) is 0 Å². The van der Waals surface area contributed by atoms with Crippen molar-refractivity contribution >= 4 is 5.91 Å². The normalized spacial score (nSPS) is 11.5. The van der Waals surface area contributed by atoms with E-state index in [0.717, 1.165) is 5.56 Å². The Morgan fingerprint density at radius 2 is 1.86 bits per heavy atom. The predicted molar refractivity (Wildman–Crippen MR) is 80.1 cm³/mol. The molecule has 5 nitrogen and oxygen atoms in total. The van der Waals surface area contributed by atoms with Gasteiger partial charge in [0.25, 0.3) is 0 Å². The number of benzene rings is 2. The summed E-state index contributed by atoms with van der Waals surface area (Å²) in [5.41, 5.74) is 4.33. The lowest BCUT2D eigenvalue weighted by Gasteiger charge is -2.11. The smallest absolute Gasteiger partial charge is 0.246 e. The third-order valence-corrected chi connectivity index (χ3v) is 3.07. The molecule has 5 heteroatoms. The minimum absolute atomic E-state index is 0.110. The number of hydroxylamine groups is 1. The maximum Gasteiger partial charge on any atom is 0.246 e. The summed E-state index contributed by atoms with van der Waals surface area (Å²) >= 11 is 0. The van der Waals surface area contributed by atoms with E-state index in [-0.39, 0.29) is 13.0 Å². The lowest BCUT2D eigenvalue weighted by molar-refractivity contribution is -0.136. The van der Waals surface area contributed by atoms with E-state index in [4.69, 9.17) is 10.1 Å². The fourth-order valence-electron chi connectivity index (χ4n) is 1.89. The molecule has 0 radical (unpaired) electrons. The molecular formula is C17H16N2O3. The molecule has 22 heavy (non-hydrogen) atoms. The minimum Gasteiger partial charge on any atom is -0.388 e. The highest BCUT2D eigenvalue weighted by Crippen LogP contribution is 2.16. The first kappa shape index (κ1) is 15.7. The lowest BCUT2D eigenvalue weighted by atomic mass is 10.0. The fourth-order valence-corrected chi connectivity index (χ4v) is 1.89. The molecule has 0 saturated heterocycles. The Balaban J connectivity index is 1.77. The third-order valence-electron chi connectivity index (χ3n) is 3.07. The Kier molecular flexibility index (Phi) is 5.66. The van der Waals surface area contributed by atoms with Crippen molar-refractivity contribution in [1.82, 2.24) is 5.48 Å². The summed E-state index contributed by atoms with van der Waals surface area (Å²) in [7, 11) is 0. The third kappa shape index (κ3) is 4.70. The maximum absolute atomic E-state index is 11.7. The number of carbonyl (C=O) groups excluding carboxylic acids is 1. The summed E-state index contributed by atoms with van der Waals surface area (Å²) in [6.45, 7) is 0.263. The summed E-state index contributed by atoms with van der Waals surface area (Å²) in [6.07, 6.45) is -1.05. The van der Waals surface area contributed by atoms with Gasteiger partial charge in [-0.15, -0.1) is 0 Å². The van der Waals surface area contributed by atoms with Gasteiger partial charge in [-0.05, 0) is 23.3 Å². The fraction of sp³-hybridized carbons (Fsp3) is 0.176. The number of amides is 1. The molecule has 0 saturated carbocycles. The second-order valence-corrected chi connectivity index (χ2v) is 4.75. The van der Waals surface area contributed by atoms with E-state index in [0.29, 0.717) is 11.1 Å². The average Bonchev–Trinajstić information content (AvgIpc) is 2.56. The number of hydrogen-bond donors (Lipinski definition) is 2. The highest BCUT2D eigenvalue weighted by atomic mass is 16.6. The van der Waals surface area contributed by atoms with E-state index in [2.05, 4.69) is 5.48 Å². The topological polar surface area (TPSA) is 82.3 Å². The van der Waals surface area contributed by atoms with Crippen LogP contribution < -0.4 is 5.48 Å². The maximum atomic E-state index is 11.7. The molecule has 0 aliphatic heterocycles. The van der Waals surface area contributed by atoms with E-state index in [1.54, 1.807) is 24.3 Å². The first-order valence-electron chi connectivity index (χ1n) is 6.81. The van der Waals surface area contributed by atoms with Crippen molar-refractivity contribution in [2.75, 3.05) is 0 Å². The molecule has 2 N–H and O–H groups in total. The molecular weight excluding hydrogens is 280 g/mol. The molecule has 0 aromatic heterocycles. The van der Waals surface area contributed by atoms with Crippen molar-refractivity contribution in [3.63, 3.8) is 0 Å². The van der Waals surface area contributed by atoms with E-state index in [9.17, 15) is 9.90 Å². The molecule has 0 spiro atoms. The molecule has 0 fully saturated rings. The Morgan fingerprint density at radius 3 is 2.50 bits per heavy atom. The zero-order chi connectivity index (χ0) is 15.8. The van der Waals surface area contributed by atoms with Gasteiger partial charge in [0.1, 0.15) is 0 Å². The van der Waals surface area contributed by atoms with Crippen LogP contribution in [0.1, 0.15) is 29.2 Å². The summed E-state index contributed by atoms with van der Waals surface area (Å²) < 4.78 is 0. The SMILES string of the molecule is N#Cc1ccc([C@@H](O)CC(=O)NOCc2ccccc2)cc1. The van der Waals surface area contributed by atoms with E-state index in [1.807, 2.05) is 36.4 Å². The number of rotatable bonds is 6. The van der Waals surface area contributed by atoms with Crippen LogP contribution in [-0.4, -0.2) is 11.0 Å². The first-order chi connectivity index (χ1) is 10.7. The van der Waals surface area contributed by atoms with Gasteiger partial charge in [-0.1, -0.05) is 42.5 Å². The average molecular weight is 296 g/mol. The van der Waals surface area contributed by atoms with Crippen molar-refractivity contribution in [3.05, 3.63) is 71.3 Å². The Morgan fingerprint density at radius 1 is 1.18 bits per heavy atom. The van der Waals surface area contributed by atoms with E-state index < -0.39 is 12.0 Å². The first-order valence-corrected chi connectivity index (χ1v) is 6.81. The molecule has 112 valence electrons. The number of hydrogen-bond acceptors (Lipinski definition) is 4. The Labute approximate surface area is 128 Å². The highest BCUT2D eigenvalue weighted by Gasteiger charge is 2.13. The van der Waals surface area contributed by atoms with Gasteiger partial charge in [-0.3, -0.25) is 9.63 Å². The van der Waals surface area contributed by atoms with Crippen LogP contribution in [0.4, 0.5) is 0 Å². The van der Waals surface area contributed by atoms with Crippen LogP contribution >= 0.6 is 0 Å². The molecule has 2 aromatic carbocycles. The van der Waals surface area contributed by atoms with Crippen LogP contribution in [0.2, 0.25) is 0 Å². The second kappa shape index (κ2) is 7.93. The zero-order valence-electron chi connectivity index (χ0n) is 11.9. The largest absolute Gasteiger partial charge is 0.388 e. The quantitative estimate of drug-likeness (QED) is 0.801. The van der Waals surface area contributed by atoms with Crippen LogP contribution in [0.25, 0.3) is 0 Å². The van der Waals surface area contributed by atoms with Crippen LogP contribution in [-0.2, 0) is 16.2 Å². The number of nitrogens with zero attached hydrogens (tertiary/aromatic N) is 1. The van der Waals surface area contributed by atoms with Crippen LogP contribution in [0, 0.1) is 11.3 Å². The molecule has 0 aliphatic carbocycles. The van der Waals surface area contributed by atoms with Gasteiger partial charge >= 0.3 is 0 Å². The summed E-state index contributed by atoms with van der Waals surface area (Å²) in [5.74, 6) is -0.409. The summed E-state index contributed by atoms with van der Waals surface area (Å²) in [5, 5.41) is 18.7. The monoisotopic (exact) mass is 296 g/mol. The number of aliphatic hydroxyl groups excluding tert-OH is 1. The number of carbonyl (C=O) groups is 1. The zero-order valence-corrected chi connectivity index (χ0v) is 11.9. The highest BCUT2D eigenvalue weighted by molar-refractivity contribution is 5.75. The van der Waals surface area contributed by atoms with Gasteiger partial charge in [-0.2, -0.15) is 5.26 Å². The second-order valence-electron chi connectivity index (χ2n) is 4.75. The molecule has 0 aliphatic rings. The Hall–Kier alpha value is -2.68. The minimum atomic E-state index is -0.937. The van der Waals surface area contributed by atoms with Gasteiger partial charge in [0.15, 0.2) is 0 Å². The van der Waals surface area contributed by atoms with E-state index in [1.165, 1.54) is 0 Å². The number of nitrogens with one attached hydrogen (secondary N) is 1.